The highest BCUT2D eigenvalue weighted by atomic mass is 16.3. The van der Waals surface area contributed by atoms with Crippen molar-refractivity contribution in [3.8, 4) is 33.8 Å². The normalized spacial score (nSPS) is 11.6. The number of nitrogens with zero attached hydrogens (tertiary/aromatic N) is 4. The van der Waals surface area contributed by atoms with Gasteiger partial charge in [0.05, 0.1) is 11.0 Å². The highest BCUT2D eigenvalue weighted by Gasteiger charge is 2.21. The van der Waals surface area contributed by atoms with Crippen LogP contribution in [0.4, 0.5) is 0 Å². The number of aryl methyl sites for hydroxylation is 4. The van der Waals surface area contributed by atoms with Crippen molar-refractivity contribution >= 4 is 22.1 Å². The minimum Gasteiger partial charge on any atom is -0.507 e. The van der Waals surface area contributed by atoms with Gasteiger partial charge in [0.1, 0.15) is 22.5 Å². The smallest absolute Gasteiger partial charge is 0.127 e. The summed E-state index contributed by atoms with van der Waals surface area (Å²) in [6, 6.07) is 15.7. The molecule has 2 aromatic heterocycles. The van der Waals surface area contributed by atoms with Gasteiger partial charge in [0.2, 0.25) is 0 Å². The van der Waals surface area contributed by atoms with Crippen LogP contribution in [0.25, 0.3) is 44.3 Å². The molecule has 6 rings (SSSR count). The van der Waals surface area contributed by atoms with Crippen molar-refractivity contribution in [2.45, 2.75) is 34.1 Å². The Bertz CT molecular complexity index is 1700. The number of aromatic amines is 2. The van der Waals surface area contributed by atoms with Crippen molar-refractivity contribution in [2.75, 3.05) is 0 Å². The zero-order valence-electron chi connectivity index (χ0n) is 21.0. The van der Waals surface area contributed by atoms with Crippen LogP contribution in [0.15, 0.2) is 48.5 Å². The SMILES string of the molecule is Cc1cc(Cc2cc(C)cc(-c3c(C)ccc4[nH]nnc34)c2O)c(O)c(-c2c(C)ccc3[nH]nnc23)c1. The number of phenols is 2. The molecule has 0 spiro atoms. The number of benzene rings is 4. The van der Waals surface area contributed by atoms with Crippen molar-refractivity contribution < 1.29 is 10.2 Å². The van der Waals surface area contributed by atoms with Crippen LogP contribution >= 0.6 is 0 Å². The molecule has 0 aliphatic rings. The fourth-order valence-corrected chi connectivity index (χ4v) is 5.27. The van der Waals surface area contributed by atoms with Gasteiger partial charge >= 0.3 is 0 Å². The first kappa shape index (κ1) is 22.7. The van der Waals surface area contributed by atoms with Crippen LogP contribution in [0, 0.1) is 27.7 Å². The van der Waals surface area contributed by atoms with Gasteiger partial charge in [-0.1, -0.05) is 34.7 Å². The van der Waals surface area contributed by atoms with Crippen LogP contribution in [0.2, 0.25) is 0 Å². The van der Waals surface area contributed by atoms with Gasteiger partial charge in [-0.15, -0.1) is 10.2 Å². The van der Waals surface area contributed by atoms with Crippen molar-refractivity contribution in [2.24, 2.45) is 0 Å². The molecule has 4 aromatic carbocycles. The van der Waals surface area contributed by atoms with E-state index >= 15 is 0 Å². The third kappa shape index (κ3) is 3.69. The van der Waals surface area contributed by atoms with Crippen molar-refractivity contribution in [1.29, 1.82) is 0 Å². The molecule has 0 atom stereocenters. The van der Waals surface area contributed by atoms with Crippen molar-refractivity contribution in [3.63, 3.8) is 0 Å². The molecule has 0 unspecified atom stereocenters. The number of hydrogen-bond donors (Lipinski definition) is 4. The molecule has 4 N–H and O–H groups in total. The predicted molar refractivity (Wildman–Crippen MR) is 144 cm³/mol. The zero-order chi connectivity index (χ0) is 25.8. The Morgan fingerprint density at radius 3 is 1.49 bits per heavy atom. The van der Waals surface area contributed by atoms with Gasteiger partial charge in [0.25, 0.3) is 0 Å². The molecular weight excluding hydrogens is 464 g/mol. The maximum absolute atomic E-state index is 11.5. The summed E-state index contributed by atoms with van der Waals surface area (Å²) in [7, 11) is 0. The van der Waals surface area contributed by atoms with Crippen LogP contribution in [-0.4, -0.2) is 41.0 Å². The molecule has 2 heterocycles. The number of phenolic OH excluding ortho intramolecular Hbond substituents is 2. The molecule has 6 aromatic rings. The Balaban J connectivity index is 1.51. The standard InChI is InChI=1S/C29H26N6O2/c1-14-9-18(28(36)20(11-14)24-16(3)5-7-22-26(24)32-34-30-22)13-19-10-15(2)12-21(29(19)37)25-17(4)6-8-23-27(25)33-35-31-23/h5-12,36-37H,13H2,1-4H3,(H,30,32,34)(H,31,33,35). The molecule has 0 aliphatic heterocycles. The average molecular weight is 491 g/mol. The summed E-state index contributed by atoms with van der Waals surface area (Å²) in [6.45, 7) is 7.99. The fraction of sp³-hybridized carbons (Fsp3) is 0.172. The molecule has 184 valence electrons. The lowest BCUT2D eigenvalue weighted by molar-refractivity contribution is 0.465. The predicted octanol–water partition coefficient (Wildman–Crippen LogP) is 5.80. The molecule has 0 radical (unpaired) electrons. The topological polar surface area (TPSA) is 124 Å². The molecule has 8 heteroatoms. The molecule has 0 bridgehead atoms. The summed E-state index contributed by atoms with van der Waals surface area (Å²) in [6.07, 6.45) is 0.350. The van der Waals surface area contributed by atoms with Gasteiger partial charge in [0, 0.05) is 28.7 Å². The summed E-state index contributed by atoms with van der Waals surface area (Å²) in [5, 5.41) is 45.2. The fourth-order valence-electron chi connectivity index (χ4n) is 5.27. The molecule has 0 amide bonds. The van der Waals surface area contributed by atoms with Gasteiger partial charge in [-0.3, -0.25) is 10.2 Å². The number of rotatable bonds is 4. The Morgan fingerprint density at radius 2 is 1.05 bits per heavy atom. The Morgan fingerprint density at radius 1 is 0.622 bits per heavy atom. The number of aromatic nitrogens is 6. The third-order valence-electron chi connectivity index (χ3n) is 7.00. The molecule has 0 fully saturated rings. The Labute approximate surface area is 213 Å². The van der Waals surface area contributed by atoms with Gasteiger partial charge < -0.3 is 10.2 Å². The summed E-state index contributed by atoms with van der Waals surface area (Å²) < 4.78 is 0. The highest BCUT2D eigenvalue weighted by molar-refractivity contribution is 5.96. The molecule has 0 saturated carbocycles. The maximum atomic E-state index is 11.5. The largest absolute Gasteiger partial charge is 0.507 e. The van der Waals surface area contributed by atoms with Crippen molar-refractivity contribution in [3.05, 3.63) is 81.9 Å². The van der Waals surface area contributed by atoms with E-state index in [2.05, 4.69) is 30.8 Å². The van der Waals surface area contributed by atoms with E-state index in [4.69, 9.17) is 0 Å². The first-order valence-corrected chi connectivity index (χ1v) is 12.1. The molecular formula is C29H26N6O2. The quantitative estimate of drug-likeness (QED) is 0.248. The number of nitrogens with one attached hydrogen (secondary N) is 2. The van der Waals surface area contributed by atoms with Crippen LogP contribution in [-0.2, 0) is 6.42 Å². The summed E-state index contributed by atoms with van der Waals surface area (Å²) >= 11 is 0. The second kappa shape index (κ2) is 8.44. The molecule has 0 aliphatic carbocycles. The van der Waals surface area contributed by atoms with Gasteiger partial charge in [0.15, 0.2) is 0 Å². The lowest BCUT2D eigenvalue weighted by Crippen LogP contribution is -1.97. The van der Waals surface area contributed by atoms with Gasteiger partial charge in [-0.2, -0.15) is 0 Å². The second-order valence-corrected chi connectivity index (χ2v) is 9.75. The van der Waals surface area contributed by atoms with E-state index in [-0.39, 0.29) is 11.5 Å². The Hall–Kier alpha value is -4.72. The van der Waals surface area contributed by atoms with E-state index < -0.39 is 0 Å². The summed E-state index contributed by atoms with van der Waals surface area (Å²) in [5.74, 6) is 0.336. The zero-order valence-corrected chi connectivity index (χ0v) is 21.0. The number of H-pyrrole nitrogens is 2. The van der Waals surface area contributed by atoms with E-state index in [9.17, 15) is 10.2 Å². The lowest BCUT2D eigenvalue weighted by atomic mass is 9.89. The van der Waals surface area contributed by atoms with Crippen LogP contribution < -0.4 is 0 Å². The van der Waals surface area contributed by atoms with E-state index in [1.807, 2.05) is 76.2 Å². The van der Waals surface area contributed by atoms with E-state index in [0.717, 1.165) is 55.5 Å². The van der Waals surface area contributed by atoms with Crippen molar-refractivity contribution in [1.82, 2.24) is 30.8 Å². The van der Waals surface area contributed by atoms with Crippen LogP contribution in [0.5, 0.6) is 11.5 Å². The first-order valence-electron chi connectivity index (χ1n) is 12.1. The highest BCUT2D eigenvalue weighted by Crippen LogP contribution is 2.42. The first-order chi connectivity index (χ1) is 17.8. The van der Waals surface area contributed by atoms with Crippen LogP contribution in [0.1, 0.15) is 33.4 Å². The summed E-state index contributed by atoms with van der Waals surface area (Å²) in [5.41, 5.74) is 11.5. The third-order valence-corrected chi connectivity index (χ3v) is 7.00. The maximum Gasteiger partial charge on any atom is 0.127 e. The van der Waals surface area contributed by atoms with Gasteiger partial charge in [-0.25, -0.2) is 0 Å². The van der Waals surface area contributed by atoms with Gasteiger partial charge in [-0.05, 0) is 85.3 Å². The van der Waals surface area contributed by atoms with E-state index in [1.54, 1.807) is 0 Å². The molecule has 8 nitrogen and oxygen atoms in total. The van der Waals surface area contributed by atoms with Crippen LogP contribution in [0.3, 0.4) is 0 Å². The minimum atomic E-state index is 0.168. The number of fused-ring (bicyclic) bond motifs is 2. The van der Waals surface area contributed by atoms with E-state index in [1.165, 1.54) is 0 Å². The number of aromatic hydroxyl groups is 2. The molecule has 0 saturated heterocycles. The average Bonchev–Trinajstić information content (AvgIpc) is 3.53. The summed E-state index contributed by atoms with van der Waals surface area (Å²) in [4.78, 5) is 0. The Kier molecular flexibility index (Phi) is 5.19. The molecule has 37 heavy (non-hydrogen) atoms. The van der Waals surface area contributed by atoms with E-state index in [0.29, 0.717) is 28.6 Å². The monoisotopic (exact) mass is 490 g/mol. The number of hydrogen-bond acceptors (Lipinski definition) is 6. The second-order valence-electron chi connectivity index (χ2n) is 9.75. The minimum absolute atomic E-state index is 0.168. The lowest BCUT2D eigenvalue weighted by Gasteiger charge is -2.17.